The van der Waals surface area contributed by atoms with Gasteiger partial charge >= 0.3 is 0 Å². The zero-order chi connectivity index (χ0) is 11.0. The molecule has 0 spiro atoms. The first kappa shape index (κ1) is 9.60. The number of hydrogen-bond donors (Lipinski definition) is 1. The predicted octanol–water partition coefficient (Wildman–Crippen LogP) is 1.96. The van der Waals surface area contributed by atoms with Crippen LogP contribution in [0.5, 0.6) is 0 Å². The van der Waals surface area contributed by atoms with Gasteiger partial charge in [0.05, 0.1) is 11.9 Å². The number of rotatable bonds is 1. The van der Waals surface area contributed by atoms with E-state index in [1.807, 2.05) is 6.20 Å². The Balaban J connectivity index is 2.09. The maximum absolute atomic E-state index is 4.53. The molecule has 0 atom stereocenters. The Bertz CT molecular complexity index is 514. The number of aryl methyl sites for hydroxylation is 1. The lowest BCUT2D eigenvalue weighted by Gasteiger charge is -2.17. The molecule has 0 saturated heterocycles. The summed E-state index contributed by atoms with van der Waals surface area (Å²) in [5.41, 5.74) is 3.78. The van der Waals surface area contributed by atoms with Crippen molar-refractivity contribution in [3.05, 3.63) is 41.7 Å². The molecule has 16 heavy (non-hydrogen) atoms. The van der Waals surface area contributed by atoms with Crippen LogP contribution in [0, 0.1) is 6.92 Å². The van der Waals surface area contributed by atoms with E-state index in [1.165, 1.54) is 16.8 Å². The van der Waals surface area contributed by atoms with Crippen LogP contribution in [0.4, 0.5) is 0 Å². The van der Waals surface area contributed by atoms with Gasteiger partial charge in [-0.3, -0.25) is 0 Å². The highest BCUT2D eigenvalue weighted by atomic mass is 15.1. The second-order valence-corrected chi connectivity index (χ2v) is 4.27. The first-order chi connectivity index (χ1) is 7.84. The summed E-state index contributed by atoms with van der Waals surface area (Å²) >= 11 is 0. The van der Waals surface area contributed by atoms with Gasteiger partial charge in [-0.1, -0.05) is 23.8 Å². The summed E-state index contributed by atoms with van der Waals surface area (Å²) in [6.45, 7) is 5.09. The average molecular weight is 213 g/mol. The Morgan fingerprint density at radius 1 is 1.38 bits per heavy atom. The van der Waals surface area contributed by atoms with Crippen molar-refractivity contribution in [2.24, 2.45) is 0 Å². The molecule has 2 aromatic rings. The minimum absolute atomic E-state index is 0.929. The highest BCUT2D eigenvalue weighted by molar-refractivity contribution is 5.57. The van der Waals surface area contributed by atoms with Crippen molar-refractivity contribution < 1.29 is 0 Å². The van der Waals surface area contributed by atoms with Crippen LogP contribution in [0.3, 0.4) is 0 Å². The zero-order valence-electron chi connectivity index (χ0n) is 9.40. The van der Waals surface area contributed by atoms with Gasteiger partial charge in [0.15, 0.2) is 0 Å². The van der Waals surface area contributed by atoms with E-state index in [9.17, 15) is 0 Å². The normalized spacial score (nSPS) is 14.8. The van der Waals surface area contributed by atoms with Crippen LogP contribution >= 0.6 is 0 Å². The minimum Gasteiger partial charge on any atom is -0.326 e. The molecule has 3 heteroatoms. The Morgan fingerprint density at radius 3 is 3.19 bits per heavy atom. The van der Waals surface area contributed by atoms with E-state index < -0.39 is 0 Å². The maximum atomic E-state index is 4.53. The molecule has 0 amide bonds. The second kappa shape index (κ2) is 3.76. The molecule has 0 unspecified atom stereocenters. The van der Waals surface area contributed by atoms with E-state index in [0.717, 1.165) is 25.5 Å². The average Bonchev–Trinajstić information content (AvgIpc) is 2.72. The van der Waals surface area contributed by atoms with Crippen LogP contribution in [-0.2, 0) is 13.1 Å². The van der Waals surface area contributed by atoms with E-state index in [4.69, 9.17) is 0 Å². The van der Waals surface area contributed by atoms with Gasteiger partial charge in [0.1, 0.15) is 5.82 Å². The molecule has 1 aromatic heterocycles. The first-order valence-electron chi connectivity index (χ1n) is 5.67. The molecule has 3 nitrogen and oxygen atoms in total. The van der Waals surface area contributed by atoms with Crippen molar-refractivity contribution in [2.45, 2.75) is 20.0 Å². The molecule has 82 valence electrons. The topological polar surface area (TPSA) is 29.9 Å². The minimum atomic E-state index is 0.929. The predicted molar refractivity (Wildman–Crippen MR) is 64.1 cm³/mol. The molecule has 0 radical (unpaired) electrons. The third-order valence-corrected chi connectivity index (χ3v) is 3.03. The summed E-state index contributed by atoms with van der Waals surface area (Å²) in [6.07, 6.45) is 1.98. The fourth-order valence-corrected chi connectivity index (χ4v) is 2.22. The number of nitrogens with one attached hydrogen (secondary N) is 1. The molecular formula is C13H15N3. The number of aromatic nitrogens is 2. The van der Waals surface area contributed by atoms with Gasteiger partial charge in [-0.25, -0.2) is 4.98 Å². The standard InChI is InChI=1S/C13H15N3/c1-10-3-2-4-11(7-10)13-15-9-12-8-14-5-6-16(12)13/h2-4,7,9,14H,5-6,8H2,1H3. The second-order valence-electron chi connectivity index (χ2n) is 4.27. The van der Waals surface area contributed by atoms with Gasteiger partial charge in [-0.05, 0) is 13.0 Å². The molecule has 0 bridgehead atoms. The fourth-order valence-electron chi connectivity index (χ4n) is 2.22. The van der Waals surface area contributed by atoms with E-state index in [-0.39, 0.29) is 0 Å². The third-order valence-electron chi connectivity index (χ3n) is 3.03. The number of fused-ring (bicyclic) bond motifs is 1. The Kier molecular flexibility index (Phi) is 2.26. The van der Waals surface area contributed by atoms with Crippen LogP contribution in [0.25, 0.3) is 11.4 Å². The van der Waals surface area contributed by atoms with E-state index in [0.29, 0.717) is 0 Å². The summed E-state index contributed by atoms with van der Waals surface area (Å²) in [4.78, 5) is 4.53. The molecule has 0 fully saturated rings. The lowest BCUT2D eigenvalue weighted by atomic mass is 10.1. The summed E-state index contributed by atoms with van der Waals surface area (Å²) in [7, 11) is 0. The molecule has 1 N–H and O–H groups in total. The van der Waals surface area contributed by atoms with Crippen LogP contribution < -0.4 is 5.32 Å². The molecule has 0 aliphatic carbocycles. The first-order valence-corrected chi connectivity index (χ1v) is 5.67. The van der Waals surface area contributed by atoms with Gasteiger partial charge in [-0.2, -0.15) is 0 Å². The summed E-state index contributed by atoms with van der Waals surface area (Å²) in [6, 6.07) is 8.53. The number of benzene rings is 1. The monoisotopic (exact) mass is 213 g/mol. The zero-order valence-corrected chi connectivity index (χ0v) is 9.40. The molecular weight excluding hydrogens is 198 g/mol. The fraction of sp³-hybridized carbons (Fsp3) is 0.308. The summed E-state index contributed by atoms with van der Waals surface area (Å²) in [5, 5.41) is 3.36. The maximum Gasteiger partial charge on any atom is 0.140 e. The van der Waals surface area contributed by atoms with E-state index in [1.54, 1.807) is 0 Å². The molecule has 1 aromatic carbocycles. The molecule has 1 aliphatic rings. The lowest BCUT2D eigenvalue weighted by molar-refractivity contribution is 0.519. The lowest BCUT2D eigenvalue weighted by Crippen LogP contribution is -2.27. The SMILES string of the molecule is Cc1cccc(-c2ncc3n2CCNC3)c1. The Morgan fingerprint density at radius 2 is 2.31 bits per heavy atom. The van der Waals surface area contributed by atoms with Gasteiger partial charge < -0.3 is 9.88 Å². The van der Waals surface area contributed by atoms with Crippen LogP contribution in [0.15, 0.2) is 30.5 Å². The summed E-state index contributed by atoms with van der Waals surface area (Å²) < 4.78 is 2.31. The van der Waals surface area contributed by atoms with E-state index in [2.05, 4.69) is 46.1 Å². The third kappa shape index (κ3) is 1.53. The smallest absolute Gasteiger partial charge is 0.140 e. The van der Waals surface area contributed by atoms with Crippen LogP contribution in [0.1, 0.15) is 11.3 Å². The highest BCUT2D eigenvalue weighted by Crippen LogP contribution is 2.21. The van der Waals surface area contributed by atoms with Gasteiger partial charge in [0.25, 0.3) is 0 Å². The summed E-state index contributed by atoms with van der Waals surface area (Å²) in [5.74, 6) is 1.10. The van der Waals surface area contributed by atoms with Crippen LogP contribution in [0.2, 0.25) is 0 Å². The highest BCUT2D eigenvalue weighted by Gasteiger charge is 2.14. The quantitative estimate of drug-likeness (QED) is 0.784. The van der Waals surface area contributed by atoms with Crippen molar-refractivity contribution in [1.29, 1.82) is 0 Å². The van der Waals surface area contributed by atoms with Gasteiger partial charge in [0, 0.05) is 25.2 Å². The van der Waals surface area contributed by atoms with Crippen molar-refractivity contribution in [1.82, 2.24) is 14.9 Å². The van der Waals surface area contributed by atoms with Gasteiger partial charge in [0.2, 0.25) is 0 Å². The van der Waals surface area contributed by atoms with Crippen molar-refractivity contribution >= 4 is 0 Å². The van der Waals surface area contributed by atoms with Crippen molar-refractivity contribution in [3.8, 4) is 11.4 Å². The van der Waals surface area contributed by atoms with Crippen molar-refractivity contribution in [2.75, 3.05) is 6.54 Å². The molecule has 3 rings (SSSR count). The van der Waals surface area contributed by atoms with Crippen molar-refractivity contribution in [3.63, 3.8) is 0 Å². The molecule has 0 saturated carbocycles. The van der Waals surface area contributed by atoms with Crippen LogP contribution in [-0.4, -0.2) is 16.1 Å². The number of nitrogens with zero attached hydrogens (tertiary/aromatic N) is 2. The van der Waals surface area contributed by atoms with Gasteiger partial charge in [-0.15, -0.1) is 0 Å². The van der Waals surface area contributed by atoms with E-state index >= 15 is 0 Å². The Labute approximate surface area is 95.1 Å². The number of imidazole rings is 1. The molecule has 2 heterocycles. The number of hydrogen-bond acceptors (Lipinski definition) is 2. The Hall–Kier alpha value is -1.61. The molecule has 1 aliphatic heterocycles. The largest absolute Gasteiger partial charge is 0.326 e.